The van der Waals surface area contributed by atoms with E-state index in [9.17, 15) is 0 Å². The van der Waals surface area contributed by atoms with Crippen LogP contribution in [0.15, 0.2) is 36.4 Å². The van der Waals surface area contributed by atoms with E-state index in [4.69, 9.17) is 9.47 Å². The summed E-state index contributed by atoms with van der Waals surface area (Å²) in [6.07, 6.45) is 4.47. The van der Waals surface area contributed by atoms with Gasteiger partial charge in [0.05, 0.1) is 13.2 Å². The van der Waals surface area contributed by atoms with Crippen molar-refractivity contribution in [1.82, 2.24) is 0 Å². The van der Waals surface area contributed by atoms with E-state index in [0.717, 1.165) is 61.2 Å². The minimum absolute atomic E-state index is 0.774. The lowest BCUT2D eigenvalue weighted by Crippen LogP contribution is -2.00. The van der Waals surface area contributed by atoms with Crippen LogP contribution in [-0.2, 0) is 0 Å². The molecule has 0 saturated heterocycles. The van der Waals surface area contributed by atoms with Gasteiger partial charge in [0.2, 0.25) is 0 Å². The third-order valence-corrected chi connectivity index (χ3v) is 3.35. The van der Waals surface area contributed by atoms with Gasteiger partial charge in [-0.25, -0.2) is 0 Å². The second kappa shape index (κ2) is 7.78. The van der Waals surface area contributed by atoms with Crippen LogP contribution in [0.4, 0.5) is 0 Å². The lowest BCUT2D eigenvalue weighted by Gasteiger charge is -2.13. The van der Waals surface area contributed by atoms with E-state index in [1.807, 2.05) is 24.3 Å². The Hall–Kier alpha value is -1.70. The molecule has 0 aliphatic carbocycles. The second-order valence-electron chi connectivity index (χ2n) is 5.01. The van der Waals surface area contributed by atoms with Crippen molar-refractivity contribution in [3.63, 3.8) is 0 Å². The van der Waals surface area contributed by atoms with E-state index in [-0.39, 0.29) is 0 Å². The van der Waals surface area contributed by atoms with Crippen molar-refractivity contribution in [3.8, 4) is 11.5 Å². The molecule has 0 N–H and O–H groups in total. The molecule has 0 aliphatic heterocycles. The molecule has 0 unspecified atom stereocenters. The zero-order valence-electron chi connectivity index (χ0n) is 12.5. The highest BCUT2D eigenvalue weighted by Crippen LogP contribution is 2.33. The van der Waals surface area contributed by atoms with Crippen molar-refractivity contribution in [2.45, 2.75) is 39.5 Å². The van der Waals surface area contributed by atoms with Gasteiger partial charge in [-0.05, 0) is 25.0 Å². The Morgan fingerprint density at radius 2 is 1.15 bits per heavy atom. The Kier molecular flexibility index (Phi) is 5.72. The summed E-state index contributed by atoms with van der Waals surface area (Å²) in [6.45, 7) is 5.89. The monoisotopic (exact) mass is 272 g/mol. The van der Waals surface area contributed by atoms with E-state index < -0.39 is 0 Å². The number of benzene rings is 2. The SMILES string of the molecule is CCCCOc1ccc(OCCCC)c2ccccc12. The molecule has 0 aromatic heterocycles. The Labute approximate surface area is 121 Å². The fourth-order valence-corrected chi connectivity index (χ4v) is 2.15. The minimum atomic E-state index is 0.774. The maximum Gasteiger partial charge on any atom is 0.127 e. The molecule has 0 saturated carbocycles. The first-order valence-corrected chi connectivity index (χ1v) is 7.64. The van der Waals surface area contributed by atoms with Gasteiger partial charge in [-0.15, -0.1) is 0 Å². The zero-order chi connectivity index (χ0) is 14.2. The van der Waals surface area contributed by atoms with Crippen LogP contribution in [0, 0.1) is 0 Å². The highest BCUT2D eigenvalue weighted by molar-refractivity contribution is 5.93. The van der Waals surface area contributed by atoms with Crippen LogP contribution in [0.5, 0.6) is 11.5 Å². The molecule has 0 radical (unpaired) electrons. The van der Waals surface area contributed by atoms with E-state index >= 15 is 0 Å². The summed E-state index contributed by atoms with van der Waals surface area (Å²) in [5.74, 6) is 1.91. The predicted molar refractivity (Wildman–Crippen MR) is 84.8 cm³/mol. The molecule has 0 fully saturated rings. The highest BCUT2D eigenvalue weighted by Gasteiger charge is 2.07. The van der Waals surface area contributed by atoms with E-state index in [2.05, 4.69) is 26.0 Å². The molecule has 0 atom stereocenters. The minimum Gasteiger partial charge on any atom is -0.493 e. The summed E-state index contributed by atoms with van der Waals surface area (Å²) in [5, 5.41) is 2.27. The van der Waals surface area contributed by atoms with Crippen LogP contribution in [0.2, 0.25) is 0 Å². The molecule has 0 heterocycles. The fourth-order valence-electron chi connectivity index (χ4n) is 2.15. The van der Waals surface area contributed by atoms with E-state index in [0.29, 0.717) is 0 Å². The molecular weight excluding hydrogens is 248 g/mol. The number of unbranched alkanes of at least 4 members (excludes halogenated alkanes) is 2. The standard InChI is InChI=1S/C18H24O2/c1-3-5-13-19-17-11-12-18(20-14-6-4-2)16-10-8-7-9-15(16)17/h7-12H,3-6,13-14H2,1-2H3. The van der Waals surface area contributed by atoms with Crippen LogP contribution >= 0.6 is 0 Å². The Morgan fingerprint density at radius 3 is 1.55 bits per heavy atom. The molecular formula is C18H24O2. The molecule has 2 aromatic carbocycles. The predicted octanol–water partition coefficient (Wildman–Crippen LogP) is 5.20. The summed E-state index contributed by atoms with van der Waals surface area (Å²) in [7, 11) is 0. The maximum absolute atomic E-state index is 5.88. The zero-order valence-corrected chi connectivity index (χ0v) is 12.5. The van der Waals surface area contributed by atoms with Crippen LogP contribution < -0.4 is 9.47 Å². The normalized spacial score (nSPS) is 10.7. The van der Waals surface area contributed by atoms with Crippen molar-refractivity contribution in [2.24, 2.45) is 0 Å². The molecule has 2 aromatic rings. The third kappa shape index (κ3) is 3.66. The summed E-state index contributed by atoms with van der Waals surface area (Å²) in [4.78, 5) is 0. The van der Waals surface area contributed by atoms with Gasteiger partial charge in [0.25, 0.3) is 0 Å². The fraction of sp³-hybridized carbons (Fsp3) is 0.444. The van der Waals surface area contributed by atoms with Crippen molar-refractivity contribution >= 4 is 10.8 Å². The van der Waals surface area contributed by atoms with Crippen LogP contribution in [0.25, 0.3) is 10.8 Å². The van der Waals surface area contributed by atoms with Crippen molar-refractivity contribution in [2.75, 3.05) is 13.2 Å². The Bertz CT molecular complexity index is 485. The van der Waals surface area contributed by atoms with Gasteiger partial charge in [-0.2, -0.15) is 0 Å². The Morgan fingerprint density at radius 1 is 0.700 bits per heavy atom. The molecule has 0 aliphatic rings. The van der Waals surface area contributed by atoms with Gasteiger partial charge in [-0.1, -0.05) is 51.0 Å². The van der Waals surface area contributed by atoms with Gasteiger partial charge in [-0.3, -0.25) is 0 Å². The molecule has 0 amide bonds. The first-order chi connectivity index (χ1) is 9.86. The average molecular weight is 272 g/mol. The van der Waals surface area contributed by atoms with Crippen molar-refractivity contribution < 1.29 is 9.47 Å². The smallest absolute Gasteiger partial charge is 0.127 e. The van der Waals surface area contributed by atoms with Crippen LogP contribution in [-0.4, -0.2) is 13.2 Å². The highest BCUT2D eigenvalue weighted by atomic mass is 16.5. The van der Waals surface area contributed by atoms with Gasteiger partial charge in [0.15, 0.2) is 0 Å². The number of hydrogen-bond donors (Lipinski definition) is 0. The third-order valence-electron chi connectivity index (χ3n) is 3.35. The molecule has 20 heavy (non-hydrogen) atoms. The lowest BCUT2D eigenvalue weighted by atomic mass is 10.1. The average Bonchev–Trinajstić information content (AvgIpc) is 2.49. The van der Waals surface area contributed by atoms with Crippen molar-refractivity contribution in [3.05, 3.63) is 36.4 Å². The maximum atomic E-state index is 5.88. The molecule has 2 heteroatoms. The number of ether oxygens (including phenoxy) is 2. The Balaban J connectivity index is 2.22. The molecule has 2 nitrogen and oxygen atoms in total. The van der Waals surface area contributed by atoms with Gasteiger partial charge < -0.3 is 9.47 Å². The molecule has 108 valence electrons. The van der Waals surface area contributed by atoms with Crippen molar-refractivity contribution in [1.29, 1.82) is 0 Å². The summed E-state index contributed by atoms with van der Waals surface area (Å²) >= 11 is 0. The summed E-state index contributed by atoms with van der Waals surface area (Å²) < 4.78 is 11.8. The number of hydrogen-bond acceptors (Lipinski definition) is 2. The summed E-state index contributed by atoms with van der Waals surface area (Å²) in [5.41, 5.74) is 0. The quantitative estimate of drug-likeness (QED) is 0.615. The summed E-state index contributed by atoms with van der Waals surface area (Å²) in [6, 6.07) is 12.3. The molecule has 0 spiro atoms. The first-order valence-electron chi connectivity index (χ1n) is 7.64. The second-order valence-corrected chi connectivity index (χ2v) is 5.01. The first kappa shape index (κ1) is 14.7. The number of rotatable bonds is 8. The van der Waals surface area contributed by atoms with Crippen LogP contribution in [0.1, 0.15) is 39.5 Å². The largest absolute Gasteiger partial charge is 0.493 e. The molecule has 2 rings (SSSR count). The topological polar surface area (TPSA) is 18.5 Å². The van der Waals surface area contributed by atoms with Gasteiger partial charge in [0, 0.05) is 10.8 Å². The van der Waals surface area contributed by atoms with Gasteiger partial charge in [0.1, 0.15) is 11.5 Å². The van der Waals surface area contributed by atoms with E-state index in [1.54, 1.807) is 0 Å². The molecule has 0 bridgehead atoms. The van der Waals surface area contributed by atoms with E-state index in [1.165, 1.54) is 0 Å². The lowest BCUT2D eigenvalue weighted by molar-refractivity contribution is 0.306. The number of fused-ring (bicyclic) bond motifs is 1. The van der Waals surface area contributed by atoms with Crippen LogP contribution in [0.3, 0.4) is 0 Å². The van der Waals surface area contributed by atoms with Gasteiger partial charge >= 0.3 is 0 Å².